The van der Waals surface area contributed by atoms with E-state index >= 15 is 0 Å². The van der Waals surface area contributed by atoms with Crippen molar-refractivity contribution in [2.75, 3.05) is 13.2 Å². The van der Waals surface area contributed by atoms with Gasteiger partial charge in [-0.3, -0.25) is 4.79 Å². The van der Waals surface area contributed by atoms with Crippen LogP contribution < -0.4 is 10.1 Å². The molecule has 1 amide bonds. The average molecular weight is 338 g/mol. The molecule has 0 saturated carbocycles. The minimum atomic E-state index is -1.05. The van der Waals surface area contributed by atoms with Crippen molar-refractivity contribution >= 4 is 17.2 Å². The highest BCUT2D eigenvalue weighted by atomic mass is 32.1. The van der Waals surface area contributed by atoms with Gasteiger partial charge in [-0.15, -0.1) is 11.3 Å². The lowest BCUT2D eigenvalue weighted by Crippen LogP contribution is -2.35. The number of amides is 1. The molecule has 2 rings (SSSR count). The van der Waals surface area contributed by atoms with E-state index in [4.69, 9.17) is 10.00 Å². The smallest absolute Gasteiger partial charge is 0.262 e. The van der Waals surface area contributed by atoms with Crippen LogP contribution in [0.25, 0.3) is 0 Å². The molecular weight excluding hydrogens is 326 g/mol. The maximum Gasteiger partial charge on any atom is 0.262 e. The van der Waals surface area contributed by atoms with Gasteiger partial charge in [0.1, 0.15) is 29.4 Å². The Labute approximate surface area is 134 Å². The summed E-state index contributed by atoms with van der Waals surface area (Å²) < 4.78 is 30.9. The monoisotopic (exact) mass is 338 g/mol. The van der Waals surface area contributed by atoms with Crippen molar-refractivity contribution in [3.05, 3.63) is 51.7 Å². The summed E-state index contributed by atoms with van der Waals surface area (Å²) in [6.07, 6.45) is -1.04. The van der Waals surface area contributed by atoms with E-state index in [0.717, 1.165) is 23.5 Å². The zero-order valence-electron chi connectivity index (χ0n) is 11.8. The summed E-state index contributed by atoms with van der Waals surface area (Å²) in [6.45, 7) is -0.313. The van der Waals surface area contributed by atoms with E-state index in [0.29, 0.717) is 0 Å². The van der Waals surface area contributed by atoms with Crippen LogP contribution in [0.3, 0.4) is 0 Å². The van der Waals surface area contributed by atoms with Gasteiger partial charge in [-0.1, -0.05) is 0 Å². The predicted molar refractivity (Wildman–Crippen MR) is 79.2 cm³/mol. The van der Waals surface area contributed by atoms with Crippen LogP contribution >= 0.6 is 11.3 Å². The summed E-state index contributed by atoms with van der Waals surface area (Å²) in [7, 11) is 0. The number of aliphatic hydroxyl groups excluding tert-OH is 1. The van der Waals surface area contributed by atoms with Crippen LogP contribution in [0.5, 0.6) is 5.75 Å². The predicted octanol–water partition coefficient (Wildman–Crippen LogP) is 2.07. The van der Waals surface area contributed by atoms with Crippen molar-refractivity contribution in [1.29, 1.82) is 5.26 Å². The number of nitriles is 1. The first-order valence-electron chi connectivity index (χ1n) is 6.53. The van der Waals surface area contributed by atoms with E-state index in [9.17, 15) is 18.7 Å². The zero-order valence-corrected chi connectivity index (χ0v) is 12.6. The minimum Gasteiger partial charge on any atom is -0.491 e. The molecule has 1 aromatic carbocycles. The molecule has 0 saturated heterocycles. The third kappa shape index (κ3) is 4.48. The summed E-state index contributed by atoms with van der Waals surface area (Å²) in [5.41, 5.74) is 0.264. The number of hydrogen-bond acceptors (Lipinski definition) is 5. The Hall–Kier alpha value is -2.50. The van der Waals surface area contributed by atoms with Crippen LogP contribution in [0.1, 0.15) is 15.2 Å². The van der Waals surface area contributed by atoms with Crippen LogP contribution in [0, 0.1) is 23.0 Å². The molecule has 0 fully saturated rings. The topological polar surface area (TPSA) is 82.4 Å². The van der Waals surface area contributed by atoms with Crippen molar-refractivity contribution < 1.29 is 23.4 Å². The van der Waals surface area contributed by atoms with Crippen LogP contribution in [-0.4, -0.2) is 30.3 Å². The molecule has 0 radical (unpaired) electrons. The van der Waals surface area contributed by atoms with E-state index in [2.05, 4.69) is 5.32 Å². The standard InChI is InChI=1S/C15H12F2N2O3S/c16-12-2-1-11(5-13(12)17)22-8-10(20)7-19-15(21)14-9(6-18)3-4-23-14/h1-5,10,20H,7-8H2,(H,19,21). The number of benzene rings is 1. The summed E-state index contributed by atoms with van der Waals surface area (Å²) in [6, 6.07) is 6.44. The highest BCUT2D eigenvalue weighted by Gasteiger charge is 2.15. The Morgan fingerprint density at radius 3 is 2.87 bits per heavy atom. The number of carbonyl (C=O) groups excluding carboxylic acids is 1. The molecule has 120 valence electrons. The molecule has 23 heavy (non-hydrogen) atoms. The number of rotatable bonds is 6. The first kappa shape index (κ1) is 16.9. The normalized spacial score (nSPS) is 11.6. The van der Waals surface area contributed by atoms with Crippen molar-refractivity contribution in [1.82, 2.24) is 5.32 Å². The molecule has 1 aromatic heterocycles. The van der Waals surface area contributed by atoms with E-state index in [-0.39, 0.29) is 29.3 Å². The maximum atomic E-state index is 13.0. The number of nitrogens with one attached hydrogen (secondary N) is 1. The van der Waals surface area contributed by atoms with Gasteiger partial charge < -0.3 is 15.2 Å². The number of ether oxygens (including phenoxy) is 1. The Bertz CT molecular complexity index is 743. The van der Waals surface area contributed by atoms with Crippen molar-refractivity contribution in [3.63, 3.8) is 0 Å². The largest absolute Gasteiger partial charge is 0.491 e. The van der Waals surface area contributed by atoms with Crippen molar-refractivity contribution in [2.24, 2.45) is 0 Å². The summed E-state index contributed by atoms with van der Waals surface area (Å²) in [5.74, 6) is -2.44. The second-order valence-corrected chi connectivity index (χ2v) is 5.44. The Morgan fingerprint density at radius 1 is 1.39 bits per heavy atom. The number of halogens is 2. The number of aliphatic hydroxyl groups is 1. The molecule has 0 aliphatic rings. The number of hydrogen-bond donors (Lipinski definition) is 2. The van der Waals surface area contributed by atoms with Gasteiger partial charge in [-0.25, -0.2) is 8.78 Å². The fourth-order valence-corrected chi connectivity index (χ4v) is 2.44. The molecule has 1 unspecified atom stereocenters. The third-order valence-electron chi connectivity index (χ3n) is 2.82. The maximum absolute atomic E-state index is 13.0. The number of nitrogens with zero attached hydrogens (tertiary/aromatic N) is 1. The van der Waals surface area contributed by atoms with Gasteiger partial charge in [-0.2, -0.15) is 5.26 Å². The van der Waals surface area contributed by atoms with Crippen LogP contribution in [0.4, 0.5) is 8.78 Å². The van der Waals surface area contributed by atoms with Gasteiger partial charge in [0.25, 0.3) is 5.91 Å². The quantitative estimate of drug-likeness (QED) is 0.845. The summed E-state index contributed by atoms with van der Waals surface area (Å²) in [4.78, 5) is 12.1. The first-order chi connectivity index (χ1) is 11.0. The second kappa shape index (κ2) is 7.67. The van der Waals surface area contributed by atoms with Crippen LogP contribution in [-0.2, 0) is 0 Å². The molecule has 5 nitrogen and oxygen atoms in total. The fourth-order valence-electron chi connectivity index (χ4n) is 1.68. The van der Waals surface area contributed by atoms with Crippen molar-refractivity contribution in [2.45, 2.75) is 6.10 Å². The van der Waals surface area contributed by atoms with Gasteiger partial charge in [-0.05, 0) is 23.6 Å². The summed E-state index contributed by atoms with van der Waals surface area (Å²) >= 11 is 1.12. The Morgan fingerprint density at radius 2 is 2.17 bits per heavy atom. The van der Waals surface area contributed by atoms with Gasteiger partial charge in [0.05, 0.1) is 5.56 Å². The van der Waals surface area contributed by atoms with E-state index in [1.165, 1.54) is 12.1 Å². The van der Waals surface area contributed by atoms with Crippen molar-refractivity contribution in [3.8, 4) is 11.8 Å². The lowest BCUT2D eigenvalue weighted by molar-refractivity contribution is 0.0846. The van der Waals surface area contributed by atoms with Gasteiger partial charge >= 0.3 is 0 Å². The third-order valence-corrected chi connectivity index (χ3v) is 3.74. The molecular formula is C15H12F2N2O3S. The SMILES string of the molecule is N#Cc1ccsc1C(=O)NCC(O)COc1ccc(F)c(F)c1. The Balaban J connectivity index is 1.81. The van der Waals surface area contributed by atoms with Crippen LogP contribution in [0.2, 0.25) is 0 Å². The summed E-state index contributed by atoms with van der Waals surface area (Å²) in [5, 5.41) is 22.7. The molecule has 0 aliphatic heterocycles. The molecule has 0 aliphatic carbocycles. The molecule has 2 N–H and O–H groups in total. The molecule has 1 atom stereocenters. The van der Waals surface area contributed by atoms with E-state index in [1.807, 2.05) is 6.07 Å². The van der Waals surface area contributed by atoms with E-state index in [1.54, 1.807) is 5.38 Å². The van der Waals surface area contributed by atoms with Gasteiger partial charge in [0.15, 0.2) is 11.6 Å². The average Bonchev–Trinajstić information content (AvgIpc) is 3.02. The van der Waals surface area contributed by atoms with Gasteiger partial charge in [0, 0.05) is 12.6 Å². The first-order valence-corrected chi connectivity index (χ1v) is 7.41. The van der Waals surface area contributed by atoms with Gasteiger partial charge in [0.2, 0.25) is 0 Å². The number of thiophene rings is 1. The number of carbonyl (C=O) groups is 1. The second-order valence-electron chi connectivity index (χ2n) is 4.53. The van der Waals surface area contributed by atoms with E-state index < -0.39 is 23.6 Å². The fraction of sp³-hybridized carbons (Fsp3) is 0.200. The molecule has 0 bridgehead atoms. The zero-order chi connectivity index (χ0) is 16.8. The highest BCUT2D eigenvalue weighted by Crippen LogP contribution is 2.16. The van der Waals surface area contributed by atoms with Crippen LogP contribution in [0.15, 0.2) is 29.6 Å². The molecule has 0 spiro atoms. The molecule has 1 heterocycles. The molecule has 8 heteroatoms. The minimum absolute atomic E-state index is 0.0688. The lowest BCUT2D eigenvalue weighted by atomic mass is 10.2. The Kier molecular flexibility index (Phi) is 5.62. The lowest BCUT2D eigenvalue weighted by Gasteiger charge is -2.13. The molecule has 2 aromatic rings. The highest BCUT2D eigenvalue weighted by molar-refractivity contribution is 7.12.